The average Bonchev–Trinajstić information content (AvgIpc) is 3.03. The molecule has 0 amide bonds. The quantitative estimate of drug-likeness (QED) is 0.531. The third-order valence-electron chi connectivity index (χ3n) is 2.98. The maximum Gasteiger partial charge on any atom is 0.291 e. The molecule has 7 nitrogen and oxygen atoms in total. The molecule has 0 saturated carbocycles. The van der Waals surface area contributed by atoms with Crippen LogP contribution in [0.2, 0.25) is 0 Å². The van der Waals surface area contributed by atoms with Crippen molar-refractivity contribution >= 4 is 11.8 Å². The molecule has 1 N–H and O–H groups in total. The number of hydrogen-bond acceptors (Lipinski definition) is 5. The van der Waals surface area contributed by atoms with Crippen molar-refractivity contribution in [2.24, 2.45) is 0 Å². The molecule has 8 heteroatoms. The molecule has 1 heterocycles. The van der Waals surface area contributed by atoms with E-state index in [4.69, 9.17) is 20.1 Å². The summed E-state index contributed by atoms with van der Waals surface area (Å²) in [4.78, 5) is 13.8. The first kappa shape index (κ1) is 18.5. The largest absolute Gasteiger partial charge is 0.356 e. The van der Waals surface area contributed by atoms with E-state index in [9.17, 15) is 0 Å². The van der Waals surface area contributed by atoms with Crippen LogP contribution in [0.4, 0.5) is 0 Å². The number of benzene rings is 2. The second-order valence-electron chi connectivity index (χ2n) is 4.82. The Balaban J connectivity index is 0.000000511. The van der Waals surface area contributed by atoms with E-state index in [2.05, 4.69) is 29.2 Å². The molecule has 0 radical (unpaired) electrons. The molecule has 0 aliphatic rings. The van der Waals surface area contributed by atoms with Crippen LogP contribution in [0.25, 0.3) is 0 Å². The number of hydrogen-bond donors (Lipinski definition) is 1. The standard InChI is InChI=1S/C17H16N2OS.HNO3/c1-3-7-15(8-4-1)12-20-14-19-13-18-11-17(19)21-16-9-5-2-6-10-16;2-1(3)4/h1-11,13H,12,14H2;(H,2,3,4). The summed E-state index contributed by atoms with van der Waals surface area (Å²) >= 11 is 1.69. The molecule has 25 heavy (non-hydrogen) atoms. The average molecular weight is 359 g/mol. The van der Waals surface area contributed by atoms with Crippen molar-refractivity contribution in [1.29, 1.82) is 0 Å². The summed E-state index contributed by atoms with van der Waals surface area (Å²) in [5.41, 5.74) is 1.18. The molecular formula is C17H17N3O4S. The minimum absolute atomic E-state index is 0.504. The predicted molar refractivity (Wildman–Crippen MR) is 92.8 cm³/mol. The summed E-state index contributed by atoms with van der Waals surface area (Å²) in [6.45, 7) is 1.11. The van der Waals surface area contributed by atoms with Gasteiger partial charge in [-0.3, -0.25) is 0 Å². The molecule has 2 aromatic carbocycles. The van der Waals surface area contributed by atoms with Gasteiger partial charge in [0.15, 0.2) is 0 Å². The Morgan fingerprint density at radius 1 is 1.12 bits per heavy atom. The van der Waals surface area contributed by atoms with E-state index in [1.165, 1.54) is 10.5 Å². The topological polar surface area (TPSA) is 90.4 Å². The van der Waals surface area contributed by atoms with Crippen LogP contribution in [0.1, 0.15) is 5.56 Å². The van der Waals surface area contributed by atoms with Gasteiger partial charge in [-0.05, 0) is 17.7 Å². The Morgan fingerprint density at radius 3 is 2.36 bits per heavy atom. The van der Waals surface area contributed by atoms with Gasteiger partial charge in [-0.2, -0.15) is 0 Å². The molecule has 0 fully saturated rings. The fourth-order valence-electron chi connectivity index (χ4n) is 1.94. The lowest BCUT2D eigenvalue weighted by molar-refractivity contribution is -0.742. The minimum Gasteiger partial charge on any atom is -0.356 e. The molecule has 0 unspecified atom stereocenters. The van der Waals surface area contributed by atoms with Gasteiger partial charge in [-0.15, -0.1) is 10.1 Å². The molecular weight excluding hydrogens is 342 g/mol. The zero-order chi connectivity index (χ0) is 17.9. The van der Waals surface area contributed by atoms with Crippen molar-refractivity contribution < 1.29 is 15.0 Å². The highest BCUT2D eigenvalue weighted by atomic mass is 32.2. The molecule has 0 aliphatic heterocycles. The van der Waals surface area contributed by atoms with E-state index in [1.807, 2.05) is 47.2 Å². The van der Waals surface area contributed by atoms with Crippen molar-refractivity contribution in [1.82, 2.24) is 9.55 Å². The van der Waals surface area contributed by atoms with Crippen LogP contribution >= 0.6 is 11.8 Å². The van der Waals surface area contributed by atoms with Crippen LogP contribution in [0.15, 0.2) is 83.1 Å². The van der Waals surface area contributed by atoms with E-state index >= 15 is 0 Å². The number of aromatic nitrogens is 2. The van der Waals surface area contributed by atoms with Gasteiger partial charge in [-0.25, -0.2) is 4.98 Å². The van der Waals surface area contributed by atoms with Crippen LogP contribution in [0.3, 0.4) is 0 Å². The first-order valence-electron chi connectivity index (χ1n) is 7.33. The molecule has 0 aliphatic carbocycles. The lowest BCUT2D eigenvalue weighted by Crippen LogP contribution is -2.02. The third kappa shape index (κ3) is 7.06. The van der Waals surface area contributed by atoms with Gasteiger partial charge in [0.2, 0.25) is 0 Å². The molecule has 1 aromatic heterocycles. The van der Waals surface area contributed by atoms with Crippen molar-refractivity contribution in [3.63, 3.8) is 0 Å². The van der Waals surface area contributed by atoms with Crippen molar-refractivity contribution in [2.75, 3.05) is 0 Å². The van der Waals surface area contributed by atoms with E-state index in [0.717, 1.165) is 5.03 Å². The Bertz CT molecular complexity index is 762. The minimum atomic E-state index is -1.50. The molecule has 0 atom stereocenters. The monoisotopic (exact) mass is 359 g/mol. The zero-order valence-corrected chi connectivity index (χ0v) is 14.1. The summed E-state index contributed by atoms with van der Waals surface area (Å²) in [6.07, 6.45) is 3.67. The smallest absolute Gasteiger partial charge is 0.291 e. The van der Waals surface area contributed by atoms with E-state index in [0.29, 0.717) is 13.3 Å². The normalized spacial score (nSPS) is 9.92. The lowest BCUT2D eigenvalue weighted by Gasteiger charge is -2.09. The number of ether oxygens (including phenoxy) is 1. The van der Waals surface area contributed by atoms with Crippen molar-refractivity contribution in [3.05, 3.63) is 88.9 Å². The van der Waals surface area contributed by atoms with Gasteiger partial charge in [0.1, 0.15) is 11.8 Å². The molecule has 3 rings (SSSR count). The molecule has 3 aromatic rings. The molecule has 0 saturated heterocycles. The summed E-state index contributed by atoms with van der Waals surface area (Å²) < 4.78 is 7.77. The fourth-order valence-corrected chi connectivity index (χ4v) is 2.80. The van der Waals surface area contributed by atoms with E-state index in [-0.39, 0.29) is 0 Å². The lowest BCUT2D eigenvalue weighted by atomic mass is 10.2. The summed E-state index contributed by atoms with van der Waals surface area (Å²) in [7, 11) is 0. The highest BCUT2D eigenvalue weighted by Crippen LogP contribution is 2.26. The summed E-state index contributed by atoms with van der Waals surface area (Å²) in [5.74, 6) is 0. The number of imidazole rings is 1. The van der Waals surface area contributed by atoms with Gasteiger partial charge in [-0.1, -0.05) is 60.3 Å². The maximum absolute atomic E-state index is 8.36. The molecule has 0 spiro atoms. The van der Waals surface area contributed by atoms with E-state index in [1.54, 1.807) is 18.1 Å². The van der Waals surface area contributed by atoms with Gasteiger partial charge in [0.25, 0.3) is 5.09 Å². The summed E-state index contributed by atoms with van der Waals surface area (Å²) in [5, 5.41) is 14.7. The highest BCUT2D eigenvalue weighted by molar-refractivity contribution is 7.99. The van der Waals surface area contributed by atoms with E-state index < -0.39 is 5.09 Å². The second-order valence-corrected chi connectivity index (χ2v) is 5.91. The first-order chi connectivity index (χ1) is 12.1. The van der Waals surface area contributed by atoms with Crippen LogP contribution in [0, 0.1) is 10.1 Å². The second kappa shape index (κ2) is 10.1. The van der Waals surface area contributed by atoms with Crippen molar-refractivity contribution in [2.45, 2.75) is 23.3 Å². The van der Waals surface area contributed by atoms with Gasteiger partial charge >= 0.3 is 0 Å². The van der Waals surface area contributed by atoms with Crippen LogP contribution < -0.4 is 0 Å². The van der Waals surface area contributed by atoms with Crippen LogP contribution in [0.5, 0.6) is 0 Å². The Morgan fingerprint density at radius 2 is 1.72 bits per heavy atom. The Labute approximate surface area is 149 Å². The SMILES string of the molecule is O=[N+]([O-])O.c1ccc(COCn2cncc2Sc2ccccc2)cc1. The van der Waals surface area contributed by atoms with Gasteiger partial charge in [0.05, 0.1) is 19.1 Å². The zero-order valence-electron chi connectivity index (χ0n) is 13.3. The number of rotatable bonds is 6. The predicted octanol–water partition coefficient (Wildman–Crippen LogP) is 3.86. The van der Waals surface area contributed by atoms with Gasteiger partial charge in [0, 0.05) is 4.90 Å². The molecule has 0 bridgehead atoms. The Hall–Kier alpha value is -2.84. The first-order valence-corrected chi connectivity index (χ1v) is 8.15. The number of nitrogens with zero attached hydrogens (tertiary/aromatic N) is 3. The highest BCUT2D eigenvalue weighted by Gasteiger charge is 2.04. The summed E-state index contributed by atoms with van der Waals surface area (Å²) in [6, 6.07) is 20.4. The molecule has 130 valence electrons. The third-order valence-corrected chi connectivity index (χ3v) is 4.04. The van der Waals surface area contributed by atoms with Crippen LogP contribution in [-0.2, 0) is 18.1 Å². The van der Waals surface area contributed by atoms with Crippen molar-refractivity contribution in [3.8, 4) is 0 Å². The Kier molecular flexibility index (Phi) is 7.48. The van der Waals surface area contributed by atoms with Gasteiger partial charge < -0.3 is 14.5 Å². The maximum atomic E-state index is 8.36. The van der Waals surface area contributed by atoms with Crippen LogP contribution in [-0.4, -0.2) is 19.8 Å². The fraction of sp³-hybridized carbons (Fsp3) is 0.118.